The third kappa shape index (κ3) is 5.42. The van der Waals surface area contributed by atoms with E-state index >= 15 is 0 Å². The van der Waals surface area contributed by atoms with Gasteiger partial charge >= 0.3 is 0 Å². The van der Waals surface area contributed by atoms with Crippen LogP contribution in [0.15, 0.2) is 47.5 Å². The van der Waals surface area contributed by atoms with Gasteiger partial charge in [-0.2, -0.15) is 4.31 Å². The maximum atomic E-state index is 13.0. The number of nitrogens with one attached hydrogen (secondary N) is 1. The lowest BCUT2D eigenvalue weighted by atomic mass is 9.97. The van der Waals surface area contributed by atoms with Crippen molar-refractivity contribution >= 4 is 33.2 Å². The van der Waals surface area contributed by atoms with Gasteiger partial charge in [0, 0.05) is 37.7 Å². The number of hydrogen-bond donors (Lipinski definition) is 1. The number of hydrogen-bond acceptors (Lipinski definition) is 6. The van der Waals surface area contributed by atoms with Crippen molar-refractivity contribution in [2.75, 3.05) is 36.4 Å². The Morgan fingerprint density at radius 3 is 2.36 bits per heavy atom. The van der Waals surface area contributed by atoms with Gasteiger partial charge in [0.05, 0.1) is 16.8 Å². The van der Waals surface area contributed by atoms with Crippen molar-refractivity contribution in [2.24, 2.45) is 5.92 Å². The minimum Gasteiger partial charge on any atom is -0.357 e. The summed E-state index contributed by atoms with van der Waals surface area (Å²) < 4.78 is 27.4. The topological polar surface area (TPSA) is 99.7 Å². The molecule has 0 unspecified atom stereocenters. The highest BCUT2D eigenvalue weighted by atomic mass is 32.2. The summed E-state index contributed by atoms with van der Waals surface area (Å²) in [4.78, 5) is 31.2. The van der Waals surface area contributed by atoms with E-state index in [-0.39, 0.29) is 35.6 Å². The van der Waals surface area contributed by atoms with Crippen LogP contribution in [0.3, 0.4) is 0 Å². The molecule has 8 nitrogen and oxygen atoms in total. The highest BCUT2D eigenvalue weighted by Crippen LogP contribution is 2.26. The monoisotopic (exact) mass is 470 g/mol. The van der Waals surface area contributed by atoms with E-state index < -0.39 is 10.0 Å². The summed E-state index contributed by atoms with van der Waals surface area (Å²) in [6.07, 6.45) is 6.18. The molecule has 0 spiro atoms. The number of sulfonamides is 1. The van der Waals surface area contributed by atoms with Crippen LogP contribution in [0, 0.1) is 5.92 Å². The van der Waals surface area contributed by atoms with Gasteiger partial charge in [-0.25, -0.2) is 13.4 Å². The van der Waals surface area contributed by atoms with E-state index in [9.17, 15) is 18.0 Å². The van der Waals surface area contributed by atoms with Crippen LogP contribution in [-0.2, 0) is 14.8 Å². The summed E-state index contributed by atoms with van der Waals surface area (Å²) in [6.45, 7) is 3.96. The summed E-state index contributed by atoms with van der Waals surface area (Å²) in [6, 6.07) is 9.90. The van der Waals surface area contributed by atoms with Crippen LogP contribution in [0.2, 0.25) is 0 Å². The van der Waals surface area contributed by atoms with Crippen molar-refractivity contribution in [3.63, 3.8) is 0 Å². The molecular weight excluding hydrogens is 440 g/mol. The first-order valence-corrected chi connectivity index (χ1v) is 12.9. The number of pyridine rings is 1. The van der Waals surface area contributed by atoms with Crippen LogP contribution in [0.4, 0.5) is 11.5 Å². The van der Waals surface area contributed by atoms with Gasteiger partial charge in [-0.15, -0.1) is 0 Å². The first-order chi connectivity index (χ1) is 15.8. The molecule has 33 heavy (non-hydrogen) atoms. The molecule has 9 heteroatoms. The number of nitrogens with zero attached hydrogens (tertiary/aromatic N) is 3. The number of rotatable bonds is 6. The third-order valence-corrected chi connectivity index (χ3v) is 8.29. The number of amides is 1. The van der Waals surface area contributed by atoms with E-state index in [0.29, 0.717) is 24.1 Å². The molecule has 0 atom stereocenters. The standard InChI is InChI=1S/C24H30N4O4S/c1-18(29)20-6-5-7-22(16-20)33(31,32)28-14-10-19(11-15-28)24(30)26-21-8-9-23(25-17-21)27-12-3-2-4-13-27/h5-9,16-17,19H,2-4,10-15H2,1H3,(H,26,30). The lowest BCUT2D eigenvalue weighted by Crippen LogP contribution is -2.41. The quantitative estimate of drug-likeness (QED) is 0.650. The summed E-state index contributed by atoms with van der Waals surface area (Å²) >= 11 is 0. The maximum Gasteiger partial charge on any atom is 0.243 e. The maximum absolute atomic E-state index is 13.0. The number of benzene rings is 1. The van der Waals surface area contributed by atoms with Crippen LogP contribution in [0.5, 0.6) is 0 Å². The van der Waals surface area contributed by atoms with Crippen molar-refractivity contribution in [1.29, 1.82) is 0 Å². The second-order valence-corrected chi connectivity index (χ2v) is 10.6. The Bertz CT molecular complexity index is 1100. The van der Waals surface area contributed by atoms with Gasteiger partial charge in [0.25, 0.3) is 0 Å². The molecule has 1 aromatic carbocycles. The van der Waals surface area contributed by atoms with Crippen LogP contribution < -0.4 is 10.2 Å². The zero-order valence-corrected chi connectivity index (χ0v) is 19.7. The molecular formula is C24H30N4O4S. The highest BCUT2D eigenvalue weighted by Gasteiger charge is 2.32. The summed E-state index contributed by atoms with van der Waals surface area (Å²) in [5, 5.41) is 2.92. The Morgan fingerprint density at radius 1 is 1.00 bits per heavy atom. The minimum atomic E-state index is -3.71. The third-order valence-electron chi connectivity index (χ3n) is 6.40. The van der Waals surface area contributed by atoms with E-state index in [0.717, 1.165) is 18.9 Å². The second kappa shape index (κ2) is 10.0. The molecule has 0 saturated carbocycles. The number of aromatic nitrogens is 1. The molecule has 2 saturated heterocycles. The van der Waals surface area contributed by atoms with Crippen LogP contribution in [-0.4, -0.2) is 55.6 Å². The molecule has 2 aliphatic heterocycles. The van der Waals surface area contributed by atoms with Gasteiger partial charge in [0.2, 0.25) is 15.9 Å². The van der Waals surface area contributed by atoms with E-state index in [2.05, 4.69) is 15.2 Å². The Labute approximate surface area is 195 Å². The molecule has 0 aliphatic carbocycles. The van der Waals surface area contributed by atoms with E-state index in [4.69, 9.17) is 0 Å². The van der Waals surface area contributed by atoms with Crippen molar-refractivity contribution < 1.29 is 18.0 Å². The SMILES string of the molecule is CC(=O)c1cccc(S(=O)(=O)N2CCC(C(=O)Nc3ccc(N4CCCCC4)nc3)CC2)c1. The van der Waals surface area contributed by atoms with Gasteiger partial charge in [-0.05, 0) is 63.3 Å². The fourth-order valence-corrected chi connectivity index (χ4v) is 5.91. The smallest absolute Gasteiger partial charge is 0.243 e. The highest BCUT2D eigenvalue weighted by molar-refractivity contribution is 7.89. The van der Waals surface area contributed by atoms with Gasteiger partial charge < -0.3 is 10.2 Å². The Morgan fingerprint density at radius 2 is 1.73 bits per heavy atom. The number of carbonyl (C=O) groups excluding carboxylic acids is 2. The number of ketones is 1. The molecule has 1 aromatic heterocycles. The van der Waals surface area contributed by atoms with Crippen LogP contribution >= 0.6 is 0 Å². The number of anilines is 2. The first-order valence-electron chi connectivity index (χ1n) is 11.5. The molecule has 4 rings (SSSR count). The number of Topliss-reactive ketones (excluding diaryl/α,β-unsaturated/α-hetero) is 1. The Balaban J connectivity index is 1.33. The minimum absolute atomic E-state index is 0.109. The number of carbonyl (C=O) groups is 2. The molecule has 1 N–H and O–H groups in total. The van der Waals surface area contributed by atoms with Crippen LogP contribution in [0.1, 0.15) is 49.4 Å². The first kappa shape index (κ1) is 23.4. The van der Waals surface area contributed by atoms with E-state index in [1.165, 1.54) is 42.6 Å². The summed E-state index contributed by atoms with van der Waals surface area (Å²) in [5.74, 6) is 0.376. The molecule has 176 valence electrons. The van der Waals surface area contributed by atoms with E-state index in [1.54, 1.807) is 18.3 Å². The molecule has 0 bridgehead atoms. The lowest BCUT2D eigenvalue weighted by molar-refractivity contribution is -0.120. The Hall–Kier alpha value is -2.78. The zero-order valence-electron chi connectivity index (χ0n) is 18.9. The fraction of sp³-hybridized carbons (Fsp3) is 0.458. The summed E-state index contributed by atoms with van der Waals surface area (Å²) in [5.41, 5.74) is 1.02. The molecule has 3 heterocycles. The average Bonchev–Trinajstić information content (AvgIpc) is 2.85. The molecule has 2 fully saturated rings. The van der Waals surface area contributed by atoms with Gasteiger partial charge in [-0.3, -0.25) is 9.59 Å². The average molecular weight is 471 g/mol. The summed E-state index contributed by atoms with van der Waals surface area (Å²) in [7, 11) is -3.71. The number of piperidine rings is 2. The molecule has 1 amide bonds. The van der Waals surface area contributed by atoms with Crippen molar-refractivity contribution in [3.05, 3.63) is 48.2 Å². The largest absolute Gasteiger partial charge is 0.357 e. The molecule has 2 aliphatic rings. The van der Waals surface area contributed by atoms with E-state index in [1.807, 2.05) is 12.1 Å². The van der Waals surface area contributed by atoms with Crippen molar-refractivity contribution in [2.45, 2.75) is 43.9 Å². The van der Waals surface area contributed by atoms with Crippen molar-refractivity contribution in [1.82, 2.24) is 9.29 Å². The zero-order chi connectivity index (χ0) is 23.4. The van der Waals surface area contributed by atoms with Gasteiger partial charge in [-0.1, -0.05) is 12.1 Å². The van der Waals surface area contributed by atoms with Crippen molar-refractivity contribution in [3.8, 4) is 0 Å². The second-order valence-electron chi connectivity index (χ2n) is 8.70. The molecule has 0 radical (unpaired) electrons. The Kier molecular flexibility index (Phi) is 7.09. The van der Waals surface area contributed by atoms with Crippen LogP contribution in [0.25, 0.3) is 0 Å². The normalized spacial score (nSPS) is 18.2. The predicted molar refractivity (Wildman–Crippen MR) is 127 cm³/mol. The van der Waals surface area contributed by atoms with Gasteiger partial charge in [0.1, 0.15) is 5.82 Å². The van der Waals surface area contributed by atoms with Gasteiger partial charge in [0.15, 0.2) is 5.78 Å². The molecule has 2 aromatic rings. The lowest BCUT2D eigenvalue weighted by Gasteiger charge is -2.30. The fourth-order valence-electron chi connectivity index (χ4n) is 4.40. The predicted octanol–water partition coefficient (Wildman–Crippen LogP) is 3.31.